The summed E-state index contributed by atoms with van der Waals surface area (Å²) in [5, 5.41) is 15.3. The van der Waals surface area contributed by atoms with E-state index in [2.05, 4.69) is 10.1 Å². The Balaban J connectivity index is 2.00. The monoisotopic (exact) mass is 397 g/mol. The minimum atomic E-state index is -1.17. The molecule has 140 valence electrons. The van der Waals surface area contributed by atoms with Crippen molar-refractivity contribution in [3.05, 3.63) is 76.8 Å². The Kier molecular flexibility index (Phi) is 4.48. The summed E-state index contributed by atoms with van der Waals surface area (Å²) >= 11 is 1.06. The van der Waals surface area contributed by atoms with E-state index in [1.165, 1.54) is 22.2 Å². The lowest BCUT2D eigenvalue weighted by atomic mass is 10.0. The summed E-state index contributed by atoms with van der Waals surface area (Å²) < 4.78 is 29.8. The molecule has 0 spiro atoms. The van der Waals surface area contributed by atoms with Gasteiger partial charge in [-0.2, -0.15) is 5.10 Å². The number of nitrogens with zero attached hydrogens (tertiary/aromatic N) is 3. The van der Waals surface area contributed by atoms with Crippen LogP contribution in [0, 0.1) is 18.6 Å². The number of carbonyl (C=O) groups is 1. The number of benzene rings is 2. The molecule has 0 amide bonds. The van der Waals surface area contributed by atoms with Gasteiger partial charge in [-0.05, 0) is 19.1 Å². The van der Waals surface area contributed by atoms with E-state index in [-0.39, 0.29) is 16.4 Å². The van der Waals surface area contributed by atoms with E-state index in [1.807, 2.05) is 30.3 Å². The normalized spacial score (nSPS) is 11.0. The molecule has 5 nitrogen and oxygen atoms in total. The van der Waals surface area contributed by atoms with Crippen molar-refractivity contribution in [2.45, 2.75) is 6.92 Å². The van der Waals surface area contributed by atoms with E-state index in [4.69, 9.17) is 5.11 Å². The number of aromatic nitrogens is 3. The predicted octanol–water partition coefficient (Wildman–Crippen LogP) is 4.95. The fourth-order valence-corrected chi connectivity index (χ4v) is 3.72. The first-order valence-electron chi connectivity index (χ1n) is 8.26. The van der Waals surface area contributed by atoms with Gasteiger partial charge in [-0.1, -0.05) is 36.4 Å². The van der Waals surface area contributed by atoms with Gasteiger partial charge in [0.05, 0.1) is 11.4 Å². The van der Waals surface area contributed by atoms with Crippen molar-refractivity contribution in [3.8, 4) is 27.6 Å². The summed E-state index contributed by atoms with van der Waals surface area (Å²) in [6.45, 7) is 1.76. The molecule has 4 rings (SSSR count). The van der Waals surface area contributed by atoms with Crippen molar-refractivity contribution in [2.24, 2.45) is 0 Å². The van der Waals surface area contributed by atoms with Crippen molar-refractivity contribution in [2.75, 3.05) is 0 Å². The summed E-state index contributed by atoms with van der Waals surface area (Å²) in [6, 6.07) is 13.2. The first-order valence-corrected chi connectivity index (χ1v) is 9.14. The number of halogens is 2. The van der Waals surface area contributed by atoms with E-state index in [1.54, 1.807) is 6.92 Å². The number of rotatable bonds is 4. The molecule has 0 bridgehead atoms. The van der Waals surface area contributed by atoms with Crippen LogP contribution in [0.5, 0.6) is 0 Å². The van der Waals surface area contributed by atoms with Crippen molar-refractivity contribution in [1.29, 1.82) is 0 Å². The minimum absolute atomic E-state index is 0.0271. The molecule has 0 atom stereocenters. The molecule has 0 aliphatic rings. The van der Waals surface area contributed by atoms with Crippen LogP contribution in [0.15, 0.2) is 53.9 Å². The molecule has 1 N–H and O–H groups in total. The molecule has 0 radical (unpaired) electrons. The highest BCUT2D eigenvalue weighted by molar-refractivity contribution is 7.12. The van der Waals surface area contributed by atoms with Crippen LogP contribution in [-0.2, 0) is 0 Å². The van der Waals surface area contributed by atoms with Crippen molar-refractivity contribution in [1.82, 2.24) is 14.8 Å². The van der Waals surface area contributed by atoms with Gasteiger partial charge < -0.3 is 5.11 Å². The van der Waals surface area contributed by atoms with E-state index in [0.717, 1.165) is 23.0 Å². The Hall–Kier alpha value is -3.39. The lowest BCUT2D eigenvalue weighted by Crippen LogP contribution is -2.03. The molecule has 0 fully saturated rings. The molecular formula is C20H13F2N3O2S. The molecule has 2 aromatic heterocycles. The Morgan fingerprint density at radius 2 is 1.86 bits per heavy atom. The van der Waals surface area contributed by atoms with Gasteiger partial charge in [-0.3, -0.25) is 0 Å². The van der Waals surface area contributed by atoms with Gasteiger partial charge in [0.1, 0.15) is 0 Å². The Morgan fingerprint density at radius 1 is 1.11 bits per heavy atom. The lowest BCUT2D eigenvalue weighted by Gasteiger charge is -2.07. The van der Waals surface area contributed by atoms with Crippen LogP contribution < -0.4 is 0 Å². The highest BCUT2D eigenvalue weighted by Gasteiger charge is 2.24. The van der Waals surface area contributed by atoms with Gasteiger partial charge in [-0.15, -0.1) is 11.3 Å². The van der Waals surface area contributed by atoms with Gasteiger partial charge in [0.15, 0.2) is 17.3 Å². The van der Waals surface area contributed by atoms with E-state index in [9.17, 15) is 13.6 Å². The maximum atomic E-state index is 14.6. The lowest BCUT2D eigenvalue weighted by molar-refractivity contribution is 0.0691. The molecule has 0 unspecified atom stereocenters. The van der Waals surface area contributed by atoms with Gasteiger partial charge in [0.25, 0.3) is 0 Å². The number of carboxylic acid groups (broad SMARTS) is 1. The summed E-state index contributed by atoms with van der Waals surface area (Å²) in [5.74, 6) is -3.15. The summed E-state index contributed by atoms with van der Waals surface area (Å²) in [4.78, 5) is 15.3. The highest BCUT2D eigenvalue weighted by Crippen LogP contribution is 2.36. The first-order chi connectivity index (χ1) is 13.5. The standard InChI is InChI=1S/C20H13F2N3O2S/c1-11-17(12-6-3-2-4-7-12)24-25(20-23-15(10-28-20)19(26)27)18(11)13-8-5-9-14(21)16(13)22/h2-10H,1H3,(H,26,27). The van der Waals surface area contributed by atoms with E-state index >= 15 is 0 Å². The van der Waals surface area contributed by atoms with Crippen molar-refractivity contribution in [3.63, 3.8) is 0 Å². The molecule has 0 saturated carbocycles. The second kappa shape index (κ2) is 6.97. The number of carboxylic acids is 1. The zero-order valence-electron chi connectivity index (χ0n) is 14.6. The van der Waals surface area contributed by atoms with Crippen LogP contribution in [0.1, 0.15) is 16.1 Å². The number of hydrogen-bond acceptors (Lipinski definition) is 4. The second-order valence-corrected chi connectivity index (χ2v) is 6.86. The number of thiazole rings is 1. The molecule has 2 heterocycles. The molecule has 8 heteroatoms. The molecular weight excluding hydrogens is 384 g/mol. The zero-order chi connectivity index (χ0) is 19.8. The van der Waals surface area contributed by atoms with Crippen LogP contribution in [0.3, 0.4) is 0 Å². The molecule has 2 aromatic carbocycles. The van der Waals surface area contributed by atoms with Gasteiger partial charge >= 0.3 is 5.97 Å². The van der Waals surface area contributed by atoms with Crippen molar-refractivity contribution >= 4 is 17.3 Å². The summed E-state index contributed by atoms with van der Waals surface area (Å²) in [7, 11) is 0. The van der Waals surface area contributed by atoms with Crippen LogP contribution in [0.4, 0.5) is 8.78 Å². The van der Waals surface area contributed by atoms with Crippen LogP contribution in [-0.4, -0.2) is 25.8 Å². The second-order valence-electron chi connectivity index (χ2n) is 6.02. The smallest absolute Gasteiger partial charge is 0.355 e. The highest BCUT2D eigenvalue weighted by atomic mass is 32.1. The number of aromatic carboxylic acids is 1. The largest absolute Gasteiger partial charge is 0.476 e. The fourth-order valence-electron chi connectivity index (χ4n) is 2.97. The predicted molar refractivity (Wildman–Crippen MR) is 102 cm³/mol. The molecule has 0 saturated heterocycles. The topological polar surface area (TPSA) is 68.0 Å². The quantitative estimate of drug-likeness (QED) is 0.529. The summed E-state index contributed by atoms with van der Waals surface area (Å²) in [5.41, 5.74) is 2.21. The molecule has 0 aliphatic heterocycles. The van der Waals surface area contributed by atoms with Gasteiger partial charge in [0, 0.05) is 22.1 Å². The fraction of sp³-hybridized carbons (Fsp3) is 0.0500. The Morgan fingerprint density at radius 3 is 2.54 bits per heavy atom. The van der Waals surface area contributed by atoms with Crippen LogP contribution in [0.2, 0.25) is 0 Å². The first kappa shape index (κ1) is 18.0. The average molecular weight is 397 g/mol. The average Bonchev–Trinajstić information content (AvgIpc) is 3.30. The Bertz CT molecular complexity index is 1190. The molecule has 0 aliphatic carbocycles. The third-order valence-electron chi connectivity index (χ3n) is 4.27. The molecule has 4 aromatic rings. The minimum Gasteiger partial charge on any atom is -0.476 e. The maximum absolute atomic E-state index is 14.6. The van der Waals surface area contributed by atoms with Gasteiger partial charge in [0.2, 0.25) is 5.13 Å². The zero-order valence-corrected chi connectivity index (χ0v) is 15.4. The van der Waals surface area contributed by atoms with Crippen LogP contribution in [0.25, 0.3) is 27.6 Å². The van der Waals surface area contributed by atoms with Crippen LogP contribution >= 0.6 is 11.3 Å². The molecule has 28 heavy (non-hydrogen) atoms. The number of hydrogen-bond donors (Lipinski definition) is 1. The summed E-state index contributed by atoms with van der Waals surface area (Å²) in [6.07, 6.45) is 0. The third kappa shape index (κ3) is 2.97. The van der Waals surface area contributed by atoms with Gasteiger partial charge in [-0.25, -0.2) is 23.2 Å². The van der Waals surface area contributed by atoms with E-state index in [0.29, 0.717) is 17.0 Å². The Labute approximate surface area is 162 Å². The van der Waals surface area contributed by atoms with Crippen molar-refractivity contribution < 1.29 is 18.7 Å². The maximum Gasteiger partial charge on any atom is 0.355 e. The third-order valence-corrected chi connectivity index (χ3v) is 5.08. The SMILES string of the molecule is Cc1c(-c2ccccc2)nn(-c2nc(C(=O)O)cs2)c1-c1cccc(F)c1F. The van der Waals surface area contributed by atoms with E-state index < -0.39 is 17.6 Å².